The summed E-state index contributed by atoms with van der Waals surface area (Å²) in [4.78, 5) is 9.95. The number of sulfonamides is 1. The highest BCUT2D eigenvalue weighted by Crippen LogP contribution is 2.31. The number of hydrogen-bond acceptors (Lipinski definition) is 6. The summed E-state index contributed by atoms with van der Waals surface area (Å²) in [5.74, 6) is -0.401. The van der Waals surface area contributed by atoms with Crippen molar-refractivity contribution in [3.05, 3.63) is 75.2 Å². The largest absolute Gasteiger partial charge is 0.269 e. The first-order chi connectivity index (χ1) is 12.6. The lowest BCUT2D eigenvalue weighted by molar-refractivity contribution is -0.384. The molecule has 0 aromatic heterocycles. The Morgan fingerprint density at radius 1 is 1.07 bits per heavy atom. The molecular weight excluding hydrogens is 416 g/mol. The average molecular weight is 429 g/mol. The molecule has 2 aromatic carbocycles. The van der Waals surface area contributed by atoms with Gasteiger partial charge in [0.25, 0.3) is 15.7 Å². The van der Waals surface area contributed by atoms with Crippen molar-refractivity contribution in [2.75, 3.05) is 10.1 Å². The predicted molar refractivity (Wildman–Crippen MR) is 101 cm³/mol. The number of non-ortho nitro benzene ring substituents is 1. The minimum absolute atomic E-state index is 0.194. The van der Waals surface area contributed by atoms with Gasteiger partial charge in [0.05, 0.1) is 27.3 Å². The van der Waals surface area contributed by atoms with E-state index in [1.807, 2.05) is 0 Å². The van der Waals surface area contributed by atoms with Crippen LogP contribution in [0.5, 0.6) is 0 Å². The fourth-order valence-electron chi connectivity index (χ4n) is 2.66. The van der Waals surface area contributed by atoms with Gasteiger partial charge < -0.3 is 0 Å². The van der Waals surface area contributed by atoms with Gasteiger partial charge in [0.15, 0.2) is 9.84 Å². The van der Waals surface area contributed by atoms with E-state index in [1.165, 1.54) is 30.3 Å². The summed E-state index contributed by atoms with van der Waals surface area (Å²) in [6, 6.07) is 9.34. The number of rotatable bonds is 5. The molecule has 1 atom stereocenters. The maximum Gasteiger partial charge on any atom is 0.269 e. The smallest absolute Gasteiger partial charge is 0.258 e. The van der Waals surface area contributed by atoms with E-state index in [-0.39, 0.29) is 16.3 Å². The second-order valence-electron chi connectivity index (χ2n) is 5.75. The van der Waals surface area contributed by atoms with E-state index < -0.39 is 36.6 Å². The maximum absolute atomic E-state index is 13.2. The minimum atomic E-state index is -4.19. The Labute approximate surface area is 160 Å². The van der Waals surface area contributed by atoms with Gasteiger partial charge in [-0.15, -0.1) is 0 Å². The number of nitrogens with zero attached hydrogens (tertiary/aromatic N) is 2. The van der Waals surface area contributed by atoms with Gasteiger partial charge in [-0.3, -0.25) is 14.4 Å². The summed E-state index contributed by atoms with van der Waals surface area (Å²) in [6.07, 6.45) is 1.30. The third kappa shape index (κ3) is 3.97. The molecule has 1 heterocycles. The van der Waals surface area contributed by atoms with Crippen molar-refractivity contribution < 1.29 is 21.8 Å². The zero-order valence-electron chi connectivity index (χ0n) is 13.6. The molecule has 1 aliphatic heterocycles. The van der Waals surface area contributed by atoms with E-state index in [0.29, 0.717) is 5.02 Å². The number of nitro groups is 1. The lowest BCUT2D eigenvalue weighted by Crippen LogP contribution is -2.41. The highest BCUT2D eigenvalue weighted by Gasteiger charge is 2.36. The molecule has 3 rings (SSSR count). The van der Waals surface area contributed by atoms with E-state index in [2.05, 4.69) is 0 Å². The predicted octanol–water partition coefficient (Wildman–Crippen LogP) is 2.75. The van der Waals surface area contributed by atoms with Gasteiger partial charge in [0, 0.05) is 22.6 Å². The Hall–Kier alpha value is -2.43. The highest BCUT2D eigenvalue weighted by molar-refractivity contribution is 7.95. The molecule has 0 N–H and O–H groups in total. The molecule has 0 aliphatic carbocycles. The first-order valence-corrected chi connectivity index (χ1v) is 11.1. The van der Waals surface area contributed by atoms with Crippen molar-refractivity contribution in [1.29, 1.82) is 0 Å². The third-order valence-electron chi connectivity index (χ3n) is 3.90. The van der Waals surface area contributed by atoms with Crippen LogP contribution >= 0.6 is 11.6 Å². The molecule has 1 aliphatic rings. The molecule has 27 heavy (non-hydrogen) atoms. The molecule has 11 heteroatoms. The Kier molecular flexibility index (Phi) is 4.98. The van der Waals surface area contributed by atoms with Crippen LogP contribution in [0, 0.1) is 10.1 Å². The van der Waals surface area contributed by atoms with E-state index in [0.717, 1.165) is 34.0 Å². The molecule has 2 aromatic rings. The van der Waals surface area contributed by atoms with Gasteiger partial charge in [-0.25, -0.2) is 16.8 Å². The maximum atomic E-state index is 13.2. The van der Waals surface area contributed by atoms with Crippen LogP contribution in [0.25, 0.3) is 0 Å². The van der Waals surface area contributed by atoms with Gasteiger partial charge in [0.2, 0.25) is 0 Å². The molecule has 8 nitrogen and oxygen atoms in total. The second-order valence-corrected chi connectivity index (χ2v) is 9.94. The number of hydrogen-bond donors (Lipinski definition) is 0. The standard InChI is InChI=1S/C16H13ClN2O6S2/c17-12-1-3-13(4-2-12)18(15-9-10-26(22,23)11-15)27(24,25)16-7-5-14(6-8-16)19(20)21/h1-10,15H,11H2. The number of benzene rings is 2. The van der Waals surface area contributed by atoms with Crippen LogP contribution in [0.1, 0.15) is 0 Å². The Balaban J connectivity index is 2.10. The number of sulfone groups is 1. The molecule has 142 valence electrons. The van der Waals surface area contributed by atoms with E-state index in [9.17, 15) is 26.9 Å². The van der Waals surface area contributed by atoms with Crippen molar-refractivity contribution in [3.63, 3.8) is 0 Å². The van der Waals surface area contributed by atoms with Crippen molar-refractivity contribution in [3.8, 4) is 0 Å². The summed E-state index contributed by atoms with van der Waals surface area (Å²) in [5.41, 5.74) is -0.0279. The normalized spacial score (nSPS) is 18.3. The summed E-state index contributed by atoms with van der Waals surface area (Å²) in [7, 11) is -7.71. The molecule has 0 spiro atoms. The monoisotopic (exact) mass is 428 g/mol. The quantitative estimate of drug-likeness (QED) is 0.534. The topological polar surface area (TPSA) is 115 Å². The molecule has 0 bridgehead atoms. The van der Waals surface area contributed by atoms with Crippen LogP contribution in [0.15, 0.2) is 64.9 Å². The fourth-order valence-corrected chi connectivity index (χ4v) is 5.75. The molecule has 0 fully saturated rings. The van der Waals surface area contributed by atoms with Gasteiger partial charge in [-0.1, -0.05) is 11.6 Å². The molecule has 1 unspecified atom stereocenters. The zero-order chi connectivity index (χ0) is 19.8. The van der Waals surface area contributed by atoms with Crippen molar-refractivity contribution in [2.24, 2.45) is 0 Å². The van der Waals surface area contributed by atoms with E-state index >= 15 is 0 Å². The first-order valence-electron chi connectivity index (χ1n) is 7.55. The molecule has 0 radical (unpaired) electrons. The molecule has 0 saturated heterocycles. The van der Waals surface area contributed by atoms with Crippen molar-refractivity contribution >= 4 is 42.8 Å². The van der Waals surface area contributed by atoms with Gasteiger partial charge in [-0.2, -0.15) is 0 Å². The summed E-state index contributed by atoms with van der Waals surface area (Å²) in [5, 5.41) is 12.2. The van der Waals surface area contributed by atoms with Gasteiger partial charge in [0.1, 0.15) is 0 Å². The SMILES string of the molecule is O=[N+]([O-])c1ccc(S(=O)(=O)N(c2ccc(Cl)cc2)C2C=CS(=O)(=O)C2)cc1. The third-order valence-corrected chi connectivity index (χ3v) is 7.40. The lowest BCUT2D eigenvalue weighted by Gasteiger charge is -2.29. The summed E-state index contributed by atoms with van der Waals surface area (Å²) in [6.45, 7) is 0. The van der Waals surface area contributed by atoms with Gasteiger partial charge in [-0.05, 0) is 42.5 Å². The van der Waals surface area contributed by atoms with Crippen LogP contribution in [-0.2, 0) is 19.9 Å². The van der Waals surface area contributed by atoms with Crippen LogP contribution < -0.4 is 4.31 Å². The fraction of sp³-hybridized carbons (Fsp3) is 0.125. The van der Waals surface area contributed by atoms with Crippen LogP contribution in [0.3, 0.4) is 0 Å². The van der Waals surface area contributed by atoms with Crippen molar-refractivity contribution in [2.45, 2.75) is 10.9 Å². The van der Waals surface area contributed by atoms with Crippen LogP contribution in [0.2, 0.25) is 5.02 Å². The summed E-state index contributed by atoms with van der Waals surface area (Å²) < 4.78 is 51.0. The summed E-state index contributed by atoms with van der Waals surface area (Å²) >= 11 is 5.86. The zero-order valence-corrected chi connectivity index (χ0v) is 16.0. The molecule has 0 saturated carbocycles. The number of anilines is 1. The Morgan fingerprint density at radius 2 is 1.67 bits per heavy atom. The Morgan fingerprint density at radius 3 is 2.15 bits per heavy atom. The second kappa shape index (κ2) is 6.95. The van der Waals surface area contributed by atoms with Crippen LogP contribution in [0.4, 0.5) is 11.4 Å². The molecule has 0 amide bonds. The Bertz CT molecular complexity index is 1110. The minimum Gasteiger partial charge on any atom is -0.258 e. The van der Waals surface area contributed by atoms with E-state index in [4.69, 9.17) is 11.6 Å². The highest BCUT2D eigenvalue weighted by atomic mass is 35.5. The number of nitro benzene ring substituents is 1. The van der Waals surface area contributed by atoms with Gasteiger partial charge >= 0.3 is 0 Å². The average Bonchev–Trinajstić information content (AvgIpc) is 2.96. The number of halogens is 1. The van der Waals surface area contributed by atoms with E-state index in [1.54, 1.807) is 0 Å². The molecular formula is C16H13ClN2O6S2. The van der Waals surface area contributed by atoms with Crippen molar-refractivity contribution in [1.82, 2.24) is 0 Å². The first kappa shape index (κ1) is 19.3. The van der Waals surface area contributed by atoms with Crippen LogP contribution in [-0.4, -0.2) is 33.6 Å². The lowest BCUT2D eigenvalue weighted by atomic mass is 10.2.